The van der Waals surface area contributed by atoms with Gasteiger partial charge in [-0.15, -0.1) is 0 Å². The van der Waals surface area contributed by atoms with Crippen molar-refractivity contribution in [3.05, 3.63) is 0 Å². The zero-order valence-electron chi connectivity index (χ0n) is 6.51. The van der Waals surface area contributed by atoms with Gasteiger partial charge in [-0.2, -0.15) is 12.6 Å². The van der Waals surface area contributed by atoms with Crippen LogP contribution in [-0.2, 0) is 0 Å². The first-order valence-corrected chi connectivity index (χ1v) is 4.46. The fourth-order valence-electron chi connectivity index (χ4n) is 1.29. The van der Waals surface area contributed by atoms with Gasteiger partial charge in [-0.25, -0.2) is 0 Å². The van der Waals surface area contributed by atoms with Crippen molar-refractivity contribution >= 4 is 12.6 Å². The number of hydrogen-bond acceptors (Lipinski definition) is 3. The molecular weight excluding hydrogens is 144 g/mol. The van der Waals surface area contributed by atoms with Crippen LogP contribution in [0.5, 0.6) is 0 Å². The second-order valence-electron chi connectivity index (χ2n) is 3.01. The molecule has 1 aliphatic rings. The van der Waals surface area contributed by atoms with Crippen LogP contribution in [0.15, 0.2) is 0 Å². The molecule has 0 aliphatic carbocycles. The molecule has 1 fully saturated rings. The second-order valence-corrected chi connectivity index (χ2v) is 3.38. The fraction of sp³-hybridized carbons (Fsp3) is 1.00. The topological polar surface area (TPSA) is 15.3 Å². The second kappa shape index (κ2) is 4.21. The third-order valence-electron chi connectivity index (χ3n) is 1.93. The van der Waals surface area contributed by atoms with Crippen molar-refractivity contribution in [1.29, 1.82) is 0 Å². The summed E-state index contributed by atoms with van der Waals surface area (Å²) in [5.41, 5.74) is 0. The van der Waals surface area contributed by atoms with Crippen LogP contribution in [-0.4, -0.2) is 43.9 Å². The van der Waals surface area contributed by atoms with E-state index in [4.69, 9.17) is 0 Å². The van der Waals surface area contributed by atoms with E-state index in [0.29, 0.717) is 0 Å². The maximum atomic E-state index is 4.29. The number of hydrogen-bond donors (Lipinski definition) is 2. The minimum absolute atomic E-state index is 0.732. The zero-order chi connectivity index (χ0) is 7.40. The van der Waals surface area contributed by atoms with Crippen LogP contribution in [0, 0.1) is 5.92 Å². The minimum atomic E-state index is 0.732. The Morgan fingerprint density at radius 2 is 2.50 bits per heavy atom. The van der Waals surface area contributed by atoms with Crippen LogP contribution in [0.3, 0.4) is 0 Å². The van der Waals surface area contributed by atoms with E-state index < -0.39 is 0 Å². The van der Waals surface area contributed by atoms with Gasteiger partial charge in [-0.1, -0.05) is 0 Å². The molecule has 0 aromatic rings. The molecule has 0 radical (unpaired) electrons. The Balaban J connectivity index is 2.30. The average molecular weight is 160 g/mol. The minimum Gasteiger partial charge on any atom is -0.315 e. The summed E-state index contributed by atoms with van der Waals surface area (Å²) in [5.74, 6) is 1.73. The van der Waals surface area contributed by atoms with Gasteiger partial charge in [0.05, 0.1) is 0 Å². The summed E-state index contributed by atoms with van der Waals surface area (Å²) in [5, 5.41) is 3.39. The first-order valence-electron chi connectivity index (χ1n) is 3.83. The summed E-state index contributed by atoms with van der Waals surface area (Å²) >= 11 is 4.29. The molecule has 1 rings (SSSR count). The summed E-state index contributed by atoms with van der Waals surface area (Å²) in [6, 6.07) is 0. The molecule has 1 unspecified atom stereocenters. The Labute approximate surface area is 68.4 Å². The van der Waals surface area contributed by atoms with E-state index in [1.807, 2.05) is 0 Å². The molecule has 1 aliphatic heterocycles. The summed E-state index contributed by atoms with van der Waals surface area (Å²) in [7, 11) is 2.17. The Kier molecular flexibility index (Phi) is 3.52. The van der Waals surface area contributed by atoms with Gasteiger partial charge in [-0.05, 0) is 18.7 Å². The van der Waals surface area contributed by atoms with Crippen molar-refractivity contribution in [2.45, 2.75) is 0 Å². The lowest BCUT2D eigenvalue weighted by atomic mass is 10.2. The first-order chi connectivity index (χ1) is 4.83. The molecule has 2 nitrogen and oxygen atoms in total. The fourth-order valence-corrected chi connectivity index (χ4v) is 1.54. The zero-order valence-corrected chi connectivity index (χ0v) is 7.40. The monoisotopic (exact) mass is 160 g/mol. The Bertz CT molecular complexity index is 97.6. The molecule has 1 N–H and O–H groups in total. The molecule has 0 spiro atoms. The van der Waals surface area contributed by atoms with Crippen LogP contribution in [0.25, 0.3) is 0 Å². The van der Waals surface area contributed by atoms with E-state index in [1.165, 1.54) is 13.1 Å². The third kappa shape index (κ3) is 2.48. The van der Waals surface area contributed by atoms with Gasteiger partial charge in [0.15, 0.2) is 0 Å². The van der Waals surface area contributed by atoms with Gasteiger partial charge in [0.2, 0.25) is 0 Å². The lowest BCUT2D eigenvalue weighted by Gasteiger charge is -2.16. The molecule has 1 atom stereocenters. The van der Waals surface area contributed by atoms with Crippen molar-refractivity contribution < 1.29 is 0 Å². The molecule has 1 saturated heterocycles. The third-order valence-corrected chi connectivity index (χ3v) is 2.45. The molecule has 60 valence electrons. The average Bonchev–Trinajstić information content (AvgIpc) is 2.13. The Hall–Kier alpha value is 0.270. The van der Waals surface area contributed by atoms with Crippen LogP contribution in [0.2, 0.25) is 0 Å². The van der Waals surface area contributed by atoms with Crippen molar-refractivity contribution in [3.8, 4) is 0 Å². The Morgan fingerprint density at radius 1 is 1.70 bits per heavy atom. The smallest absolute Gasteiger partial charge is 0.0104 e. The molecule has 0 amide bonds. The van der Waals surface area contributed by atoms with Gasteiger partial charge in [-0.3, -0.25) is 0 Å². The van der Waals surface area contributed by atoms with Crippen LogP contribution >= 0.6 is 12.6 Å². The number of likely N-dealkylation sites (N-methyl/N-ethyl adjacent to an activating group) is 1. The lowest BCUT2D eigenvalue weighted by molar-refractivity contribution is 0.323. The highest BCUT2D eigenvalue weighted by atomic mass is 32.1. The van der Waals surface area contributed by atoms with Crippen LogP contribution in [0.1, 0.15) is 0 Å². The van der Waals surface area contributed by atoms with Crippen molar-refractivity contribution in [2.24, 2.45) is 5.92 Å². The molecule has 10 heavy (non-hydrogen) atoms. The van der Waals surface area contributed by atoms with Gasteiger partial charge >= 0.3 is 0 Å². The molecule has 3 heteroatoms. The SMILES string of the molecule is CN1CCNCC(CS)C1. The van der Waals surface area contributed by atoms with Gasteiger partial charge in [0, 0.05) is 26.2 Å². The normalized spacial score (nSPS) is 30.0. The predicted molar refractivity (Wildman–Crippen MR) is 47.7 cm³/mol. The van der Waals surface area contributed by atoms with Crippen LogP contribution in [0.4, 0.5) is 0 Å². The maximum absolute atomic E-state index is 4.29. The summed E-state index contributed by atoms with van der Waals surface area (Å²) in [4.78, 5) is 2.36. The summed E-state index contributed by atoms with van der Waals surface area (Å²) < 4.78 is 0. The summed E-state index contributed by atoms with van der Waals surface area (Å²) in [6.45, 7) is 4.62. The van der Waals surface area contributed by atoms with E-state index in [0.717, 1.165) is 24.8 Å². The maximum Gasteiger partial charge on any atom is 0.0104 e. The van der Waals surface area contributed by atoms with E-state index in [2.05, 4.69) is 29.9 Å². The quantitative estimate of drug-likeness (QED) is 0.528. The number of nitrogens with one attached hydrogen (secondary N) is 1. The Morgan fingerprint density at radius 3 is 3.20 bits per heavy atom. The van der Waals surface area contributed by atoms with E-state index in [9.17, 15) is 0 Å². The largest absolute Gasteiger partial charge is 0.315 e. The van der Waals surface area contributed by atoms with Crippen molar-refractivity contribution in [3.63, 3.8) is 0 Å². The van der Waals surface area contributed by atoms with E-state index >= 15 is 0 Å². The van der Waals surface area contributed by atoms with E-state index in [-0.39, 0.29) is 0 Å². The highest BCUT2D eigenvalue weighted by molar-refractivity contribution is 7.80. The van der Waals surface area contributed by atoms with Crippen molar-refractivity contribution in [1.82, 2.24) is 10.2 Å². The van der Waals surface area contributed by atoms with E-state index in [1.54, 1.807) is 0 Å². The van der Waals surface area contributed by atoms with Gasteiger partial charge in [0.25, 0.3) is 0 Å². The number of thiol groups is 1. The van der Waals surface area contributed by atoms with Gasteiger partial charge in [0.1, 0.15) is 0 Å². The molecule has 0 aromatic carbocycles. The molecule has 0 aromatic heterocycles. The highest BCUT2D eigenvalue weighted by Gasteiger charge is 2.12. The number of rotatable bonds is 1. The number of nitrogens with zero attached hydrogens (tertiary/aromatic N) is 1. The first kappa shape index (κ1) is 8.37. The molecule has 0 saturated carbocycles. The standard InChI is InChI=1S/C7H16N2S/c1-9-3-2-8-4-7(5-9)6-10/h7-8,10H,2-6H2,1H3. The predicted octanol–water partition coefficient (Wildman–Crippen LogP) is 0.0674. The molecule has 1 heterocycles. The van der Waals surface area contributed by atoms with Gasteiger partial charge < -0.3 is 10.2 Å². The summed E-state index contributed by atoms with van der Waals surface area (Å²) in [6.07, 6.45) is 0. The molecule has 0 bridgehead atoms. The van der Waals surface area contributed by atoms with Crippen LogP contribution < -0.4 is 5.32 Å². The lowest BCUT2D eigenvalue weighted by Crippen LogP contribution is -2.26. The highest BCUT2D eigenvalue weighted by Crippen LogP contribution is 2.02. The molecular formula is C7H16N2S. The van der Waals surface area contributed by atoms with Crippen molar-refractivity contribution in [2.75, 3.05) is 39.0 Å².